The van der Waals surface area contributed by atoms with Gasteiger partial charge in [-0.2, -0.15) is 0 Å². The van der Waals surface area contributed by atoms with Crippen LogP contribution in [0.1, 0.15) is 75.5 Å². The number of carbonyl (C=O) groups excluding carboxylic acids is 2. The highest BCUT2D eigenvalue weighted by atomic mass is 16.2. The SMILES string of the molecule is CC(C)c1nc(C(=O)N2CCNC(=O)C2(C)C)cnc1NCC1CCCC1. The summed E-state index contributed by atoms with van der Waals surface area (Å²) in [5.41, 5.74) is 0.208. The summed E-state index contributed by atoms with van der Waals surface area (Å²) in [4.78, 5) is 35.9. The Balaban J connectivity index is 1.80. The molecule has 148 valence electrons. The third-order valence-electron chi connectivity index (χ3n) is 5.69. The Morgan fingerprint density at radius 2 is 2.07 bits per heavy atom. The zero-order valence-corrected chi connectivity index (χ0v) is 16.8. The van der Waals surface area contributed by atoms with Crippen molar-refractivity contribution in [3.63, 3.8) is 0 Å². The summed E-state index contributed by atoms with van der Waals surface area (Å²) < 4.78 is 0. The van der Waals surface area contributed by atoms with E-state index >= 15 is 0 Å². The van der Waals surface area contributed by atoms with Crippen molar-refractivity contribution in [2.75, 3.05) is 25.0 Å². The van der Waals surface area contributed by atoms with Gasteiger partial charge in [-0.15, -0.1) is 0 Å². The van der Waals surface area contributed by atoms with Crippen LogP contribution in [-0.4, -0.2) is 51.9 Å². The zero-order chi connectivity index (χ0) is 19.6. The number of hydrogen-bond donors (Lipinski definition) is 2. The number of piperazine rings is 1. The average molecular weight is 374 g/mol. The minimum absolute atomic E-state index is 0.144. The lowest BCUT2D eigenvalue weighted by molar-refractivity contribution is -0.133. The zero-order valence-electron chi connectivity index (χ0n) is 16.8. The third-order valence-corrected chi connectivity index (χ3v) is 5.69. The second-order valence-corrected chi connectivity index (χ2v) is 8.45. The molecule has 2 heterocycles. The standard InChI is InChI=1S/C20H31N5O2/c1-13(2)16-17(22-11-14-7-5-6-8-14)23-12-15(24-16)18(26)25-10-9-21-19(27)20(25,3)4/h12-14H,5-11H2,1-4H3,(H,21,27)(H,22,23). The van der Waals surface area contributed by atoms with Gasteiger partial charge in [-0.1, -0.05) is 26.7 Å². The normalized spacial score (nSPS) is 20.0. The van der Waals surface area contributed by atoms with E-state index in [1.165, 1.54) is 31.9 Å². The van der Waals surface area contributed by atoms with Crippen molar-refractivity contribution in [2.45, 2.75) is 64.8 Å². The molecule has 2 N–H and O–H groups in total. The van der Waals surface area contributed by atoms with Crippen LogP contribution in [0, 0.1) is 5.92 Å². The first kappa shape index (κ1) is 19.6. The molecular weight excluding hydrogens is 342 g/mol. The number of rotatable bonds is 5. The van der Waals surface area contributed by atoms with Crippen molar-refractivity contribution in [3.8, 4) is 0 Å². The molecule has 2 fully saturated rings. The Labute approximate surface area is 161 Å². The fourth-order valence-corrected chi connectivity index (χ4v) is 3.89. The number of nitrogens with zero attached hydrogens (tertiary/aromatic N) is 3. The summed E-state index contributed by atoms with van der Waals surface area (Å²) in [5.74, 6) is 1.22. The lowest BCUT2D eigenvalue weighted by Gasteiger charge is -2.40. The van der Waals surface area contributed by atoms with Crippen molar-refractivity contribution in [2.24, 2.45) is 5.92 Å². The Bertz CT molecular complexity index is 710. The first-order valence-electron chi connectivity index (χ1n) is 10.0. The molecular formula is C20H31N5O2. The van der Waals surface area contributed by atoms with Crippen molar-refractivity contribution in [1.29, 1.82) is 0 Å². The molecule has 2 aliphatic rings. The average Bonchev–Trinajstić information content (AvgIpc) is 3.15. The second kappa shape index (κ2) is 7.82. The maximum atomic E-state index is 13.0. The van der Waals surface area contributed by atoms with Crippen LogP contribution in [0.5, 0.6) is 0 Å². The molecule has 7 heteroatoms. The van der Waals surface area contributed by atoms with Crippen molar-refractivity contribution in [3.05, 3.63) is 17.6 Å². The Morgan fingerprint density at radius 3 is 2.74 bits per heavy atom. The van der Waals surface area contributed by atoms with Gasteiger partial charge in [0.25, 0.3) is 5.91 Å². The van der Waals surface area contributed by atoms with E-state index in [1.54, 1.807) is 18.7 Å². The van der Waals surface area contributed by atoms with Crippen LogP contribution in [0.4, 0.5) is 5.82 Å². The molecule has 0 atom stereocenters. The number of carbonyl (C=O) groups is 2. The Morgan fingerprint density at radius 1 is 1.37 bits per heavy atom. The van der Waals surface area contributed by atoms with Gasteiger partial charge >= 0.3 is 0 Å². The molecule has 0 spiro atoms. The minimum Gasteiger partial charge on any atom is -0.368 e. The van der Waals surface area contributed by atoms with Crippen molar-refractivity contribution < 1.29 is 9.59 Å². The van der Waals surface area contributed by atoms with Gasteiger partial charge in [0, 0.05) is 19.6 Å². The first-order valence-corrected chi connectivity index (χ1v) is 10.0. The fourth-order valence-electron chi connectivity index (χ4n) is 3.89. The molecule has 1 saturated carbocycles. The molecule has 0 radical (unpaired) electrons. The summed E-state index contributed by atoms with van der Waals surface area (Å²) in [7, 11) is 0. The fraction of sp³-hybridized carbons (Fsp3) is 0.700. The van der Waals surface area contributed by atoms with E-state index in [-0.39, 0.29) is 17.7 Å². The van der Waals surface area contributed by atoms with Gasteiger partial charge < -0.3 is 15.5 Å². The first-order chi connectivity index (χ1) is 12.8. The molecule has 2 amide bonds. The lowest BCUT2D eigenvalue weighted by Crippen LogP contribution is -2.63. The molecule has 7 nitrogen and oxygen atoms in total. The maximum Gasteiger partial charge on any atom is 0.275 e. The van der Waals surface area contributed by atoms with Crippen LogP contribution in [-0.2, 0) is 4.79 Å². The van der Waals surface area contributed by atoms with Crippen molar-refractivity contribution in [1.82, 2.24) is 20.2 Å². The van der Waals surface area contributed by atoms with Gasteiger partial charge in [0.15, 0.2) is 0 Å². The lowest BCUT2D eigenvalue weighted by atomic mass is 9.98. The van der Waals surface area contributed by atoms with Crippen LogP contribution >= 0.6 is 0 Å². The number of anilines is 1. The van der Waals surface area contributed by atoms with Gasteiger partial charge in [0.1, 0.15) is 17.1 Å². The van der Waals surface area contributed by atoms with Gasteiger partial charge in [-0.05, 0) is 38.5 Å². The quantitative estimate of drug-likeness (QED) is 0.828. The van der Waals surface area contributed by atoms with Gasteiger partial charge in [0.2, 0.25) is 5.91 Å². The molecule has 3 rings (SSSR count). The van der Waals surface area contributed by atoms with Gasteiger partial charge in [0.05, 0.1) is 11.9 Å². The highest BCUT2D eigenvalue weighted by molar-refractivity contribution is 5.98. The van der Waals surface area contributed by atoms with E-state index in [1.807, 2.05) is 0 Å². The maximum absolute atomic E-state index is 13.0. The second-order valence-electron chi connectivity index (χ2n) is 8.45. The highest BCUT2D eigenvalue weighted by Gasteiger charge is 2.41. The molecule has 1 aromatic heterocycles. The van der Waals surface area contributed by atoms with E-state index in [2.05, 4.69) is 34.4 Å². The summed E-state index contributed by atoms with van der Waals surface area (Å²) in [6, 6.07) is 0. The van der Waals surface area contributed by atoms with Crippen LogP contribution in [0.3, 0.4) is 0 Å². The Kier molecular flexibility index (Phi) is 5.67. The summed E-state index contributed by atoms with van der Waals surface area (Å²) in [6.45, 7) is 9.45. The molecule has 0 bridgehead atoms. The van der Waals surface area contributed by atoms with E-state index < -0.39 is 5.54 Å². The summed E-state index contributed by atoms with van der Waals surface area (Å²) >= 11 is 0. The Hall–Kier alpha value is -2.18. The molecule has 1 aliphatic heterocycles. The van der Waals surface area contributed by atoms with E-state index in [0.29, 0.717) is 24.7 Å². The molecule has 1 saturated heterocycles. The molecule has 27 heavy (non-hydrogen) atoms. The smallest absolute Gasteiger partial charge is 0.275 e. The third kappa shape index (κ3) is 4.06. The number of nitrogens with one attached hydrogen (secondary N) is 2. The summed E-state index contributed by atoms with van der Waals surface area (Å²) in [5, 5.41) is 6.25. The molecule has 0 aromatic carbocycles. The van der Waals surface area contributed by atoms with E-state index in [4.69, 9.17) is 0 Å². The van der Waals surface area contributed by atoms with E-state index in [0.717, 1.165) is 18.1 Å². The predicted octanol–water partition coefficient (Wildman–Crippen LogP) is 2.55. The van der Waals surface area contributed by atoms with Crippen LogP contribution in [0.2, 0.25) is 0 Å². The molecule has 1 aromatic rings. The summed E-state index contributed by atoms with van der Waals surface area (Å²) in [6.07, 6.45) is 6.68. The molecule has 0 unspecified atom stereocenters. The van der Waals surface area contributed by atoms with E-state index in [9.17, 15) is 9.59 Å². The van der Waals surface area contributed by atoms with Crippen LogP contribution in [0.15, 0.2) is 6.20 Å². The van der Waals surface area contributed by atoms with Crippen LogP contribution < -0.4 is 10.6 Å². The number of aromatic nitrogens is 2. The number of hydrogen-bond acceptors (Lipinski definition) is 5. The minimum atomic E-state index is -0.894. The predicted molar refractivity (Wildman–Crippen MR) is 105 cm³/mol. The van der Waals surface area contributed by atoms with Crippen molar-refractivity contribution >= 4 is 17.6 Å². The number of amides is 2. The topological polar surface area (TPSA) is 87.2 Å². The van der Waals surface area contributed by atoms with Gasteiger partial charge in [-0.25, -0.2) is 9.97 Å². The van der Waals surface area contributed by atoms with Gasteiger partial charge in [-0.3, -0.25) is 9.59 Å². The largest absolute Gasteiger partial charge is 0.368 e. The van der Waals surface area contributed by atoms with Crippen LogP contribution in [0.25, 0.3) is 0 Å². The molecule has 1 aliphatic carbocycles. The highest BCUT2D eigenvalue weighted by Crippen LogP contribution is 2.27. The monoisotopic (exact) mass is 373 g/mol.